The lowest BCUT2D eigenvalue weighted by molar-refractivity contribution is 0.0706. The van der Waals surface area contributed by atoms with Crippen molar-refractivity contribution in [1.82, 2.24) is 10.2 Å². The van der Waals surface area contributed by atoms with Crippen molar-refractivity contribution in [2.24, 2.45) is 0 Å². The first kappa shape index (κ1) is 17.4. The number of hydrogen-bond donors (Lipinski definition) is 3. The molecule has 0 fully saturated rings. The van der Waals surface area contributed by atoms with Crippen molar-refractivity contribution in [3.05, 3.63) is 64.7 Å². The van der Waals surface area contributed by atoms with Crippen LogP contribution in [0.15, 0.2) is 53.4 Å². The first-order valence-corrected chi connectivity index (χ1v) is 8.52. The summed E-state index contributed by atoms with van der Waals surface area (Å²) in [5.74, 6) is -0.633. The Kier molecular flexibility index (Phi) is 5.38. The van der Waals surface area contributed by atoms with E-state index in [9.17, 15) is 13.2 Å². The third-order valence-electron chi connectivity index (χ3n) is 3.23. The highest BCUT2D eigenvalue weighted by Crippen LogP contribution is 2.19. The fourth-order valence-corrected chi connectivity index (χ4v) is 3.33. The molecular formula is C15H15ClN2O4S. The third-order valence-corrected chi connectivity index (χ3v) is 5.04. The SMILES string of the molecule is CC(NS(=O)(=O)c1ccc(Cl)cc1)c1ccc(C(=O)NO)cc1. The lowest BCUT2D eigenvalue weighted by atomic mass is 10.1. The van der Waals surface area contributed by atoms with Crippen LogP contribution in [0.25, 0.3) is 0 Å². The summed E-state index contributed by atoms with van der Waals surface area (Å²) in [4.78, 5) is 11.4. The van der Waals surface area contributed by atoms with Crippen LogP contribution in [0.3, 0.4) is 0 Å². The quantitative estimate of drug-likeness (QED) is 0.568. The van der Waals surface area contributed by atoms with E-state index < -0.39 is 22.0 Å². The number of rotatable bonds is 5. The maximum Gasteiger partial charge on any atom is 0.274 e. The van der Waals surface area contributed by atoms with Gasteiger partial charge in [0.05, 0.1) is 4.90 Å². The summed E-state index contributed by atoms with van der Waals surface area (Å²) in [5.41, 5.74) is 2.48. The van der Waals surface area contributed by atoms with E-state index in [0.29, 0.717) is 10.6 Å². The van der Waals surface area contributed by atoms with Gasteiger partial charge in [0, 0.05) is 16.6 Å². The van der Waals surface area contributed by atoms with E-state index in [1.165, 1.54) is 41.9 Å². The molecular weight excluding hydrogens is 340 g/mol. The molecule has 1 unspecified atom stereocenters. The van der Waals surface area contributed by atoms with Gasteiger partial charge in [-0.2, -0.15) is 0 Å². The largest absolute Gasteiger partial charge is 0.288 e. The average Bonchev–Trinajstić information content (AvgIpc) is 2.54. The van der Waals surface area contributed by atoms with Gasteiger partial charge in [0.2, 0.25) is 10.0 Å². The van der Waals surface area contributed by atoms with Crippen molar-refractivity contribution < 1.29 is 18.4 Å². The number of nitrogens with one attached hydrogen (secondary N) is 2. The van der Waals surface area contributed by atoms with Crippen LogP contribution < -0.4 is 10.2 Å². The molecule has 1 atom stereocenters. The van der Waals surface area contributed by atoms with Gasteiger partial charge in [-0.25, -0.2) is 18.6 Å². The number of hydroxylamine groups is 1. The Morgan fingerprint density at radius 1 is 1.09 bits per heavy atom. The molecule has 0 saturated carbocycles. The Labute approximate surface area is 139 Å². The Hall–Kier alpha value is -1.93. The third kappa shape index (κ3) is 4.29. The molecule has 0 spiro atoms. The van der Waals surface area contributed by atoms with E-state index in [1.807, 2.05) is 0 Å². The first-order chi connectivity index (χ1) is 10.8. The molecule has 23 heavy (non-hydrogen) atoms. The summed E-state index contributed by atoms with van der Waals surface area (Å²) in [6.45, 7) is 1.69. The number of halogens is 1. The molecule has 2 aromatic rings. The minimum absolute atomic E-state index is 0.116. The molecule has 2 rings (SSSR count). The highest BCUT2D eigenvalue weighted by molar-refractivity contribution is 7.89. The fourth-order valence-electron chi connectivity index (χ4n) is 1.97. The summed E-state index contributed by atoms with van der Waals surface area (Å²) >= 11 is 5.75. The zero-order valence-corrected chi connectivity index (χ0v) is 13.7. The molecule has 2 aromatic carbocycles. The second kappa shape index (κ2) is 7.10. The van der Waals surface area contributed by atoms with Gasteiger partial charge in [0.1, 0.15) is 0 Å². The molecule has 0 heterocycles. The van der Waals surface area contributed by atoms with E-state index in [-0.39, 0.29) is 10.5 Å². The van der Waals surface area contributed by atoms with Crippen LogP contribution in [-0.2, 0) is 10.0 Å². The van der Waals surface area contributed by atoms with E-state index in [1.54, 1.807) is 19.1 Å². The maximum absolute atomic E-state index is 12.3. The molecule has 0 aliphatic heterocycles. The van der Waals surface area contributed by atoms with Crippen molar-refractivity contribution >= 4 is 27.5 Å². The number of hydrogen-bond acceptors (Lipinski definition) is 4. The normalized spacial score (nSPS) is 12.7. The molecule has 0 radical (unpaired) electrons. The van der Waals surface area contributed by atoms with Gasteiger partial charge in [0.25, 0.3) is 5.91 Å². The average molecular weight is 355 g/mol. The van der Waals surface area contributed by atoms with Gasteiger partial charge in [-0.3, -0.25) is 10.0 Å². The molecule has 3 N–H and O–H groups in total. The van der Waals surface area contributed by atoms with Crippen LogP contribution in [0.1, 0.15) is 28.9 Å². The van der Waals surface area contributed by atoms with Crippen molar-refractivity contribution in [3.8, 4) is 0 Å². The highest BCUT2D eigenvalue weighted by Gasteiger charge is 2.18. The number of carbonyl (C=O) groups is 1. The van der Waals surface area contributed by atoms with Crippen LogP contribution in [0, 0.1) is 0 Å². The zero-order chi connectivity index (χ0) is 17.0. The van der Waals surface area contributed by atoms with E-state index in [0.717, 1.165) is 0 Å². The second-order valence-electron chi connectivity index (χ2n) is 4.86. The maximum atomic E-state index is 12.3. The summed E-state index contributed by atoms with van der Waals surface area (Å²) in [7, 11) is -3.68. The smallest absolute Gasteiger partial charge is 0.274 e. The number of sulfonamides is 1. The van der Waals surface area contributed by atoms with Crippen LogP contribution in [0.2, 0.25) is 5.02 Å². The van der Waals surface area contributed by atoms with Gasteiger partial charge in [-0.05, 0) is 48.9 Å². The molecule has 1 amide bonds. The minimum atomic E-state index is -3.68. The standard InChI is InChI=1S/C15H15ClN2O4S/c1-10(11-2-4-12(5-3-11)15(19)17-20)18-23(21,22)14-8-6-13(16)7-9-14/h2-10,18,20H,1H3,(H,17,19). The lowest BCUT2D eigenvalue weighted by Crippen LogP contribution is -2.27. The lowest BCUT2D eigenvalue weighted by Gasteiger charge is -2.15. The molecule has 0 saturated heterocycles. The number of amides is 1. The Morgan fingerprint density at radius 3 is 2.17 bits per heavy atom. The van der Waals surface area contributed by atoms with E-state index >= 15 is 0 Å². The second-order valence-corrected chi connectivity index (χ2v) is 7.01. The zero-order valence-electron chi connectivity index (χ0n) is 12.2. The molecule has 0 bridgehead atoms. The number of carbonyl (C=O) groups excluding carboxylic acids is 1. The van der Waals surface area contributed by atoms with E-state index in [4.69, 9.17) is 16.8 Å². The minimum Gasteiger partial charge on any atom is -0.288 e. The van der Waals surface area contributed by atoms with Gasteiger partial charge in [0.15, 0.2) is 0 Å². The molecule has 122 valence electrons. The highest BCUT2D eigenvalue weighted by atomic mass is 35.5. The van der Waals surface area contributed by atoms with Gasteiger partial charge < -0.3 is 0 Å². The Balaban J connectivity index is 2.16. The van der Waals surface area contributed by atoms with Crippen LogP contribution in [-0.4, -0.2) is 19.5 Å². The first-order valence-electron chi connectivity index (χ1n) is 6.66. The fraction of sp³-hybridized carbons (Fsp3) is 0.133. The van der Waals surface area contributed by atoms with Crippen molar-refractivity contribution in [3.63, 3.8) is 0 Å². The monoisotopic (exact) mass is 354 g/mol. The van der Waals surface area contributed by atoms with Crippen LogP contribution in [0.4, 0.5) is 0 Å². The topological polar surface area (TPSA) is 95.5 Å². The molecule has 0 aliphatic rings. The predicted octanol–water partition coefficient (Wildman–Crippen LogP) is 2.50. The van der Waals surface area contributed by atoms with Gasteiger partial charge in [-0.1, -0.05) is 23.7 Å². The van der Waals surface area contributed by atoms with Crippen molar-refractivity contribution in [1.29, 1.82) is 0 Å². The van der Waals surface area contributed by atoms with Gasteiger partial charge in [-0.15, -0.1) is 0 Å². The summed E-state index contributed by atoms with van der Waals surface area (Å²) < 4.78 is 27.1. The molecule has 6 nitrogen and oxygen atoms in total. The van der Waals surface area contributed by atoms with Gasteiger partial charge >= 0.3 is 0 Å². The summed E-state index contributed by atoms with van der Waals surface area (Å²) in [6, 6.07) is 11.6. The Morgan fingerprint density at radius 2 is 1.65 bits per heavy atom. The molecule has 0 aliphatic carbocycles. The van der Waals surface area contributed by atoms with Crippen LogP contribution in [0.5, 0.6) is 0 Å². The number of benzene rings is 2. The molecule has 0 aromatic heterocycles. The van der Waals surface area contributed by atoms with Crippen LogP contribution >= 0.6 is 11.6 Å². The van der Waals surface area contributed by atoms with E-state index in [2.05, 4.69) is 4.72 Å². The summed E-state index contributed by atoms with van der Waals surface area (Å²) in [5, 5.41) is 9.02. The van der Waals surface area contributed by atoms with Crippen molar-refractivity contribution in [2.75, 3.05) is 0 Å². The van der Waals surface area contributed by atoms with Crippen molar-refractivity contribution in [2.45, 2.75) is 17.9 Å². The molecule has 8 heteroatoms. The Bertz CT molecular complexity index is 789. The predicted molar refractivity (Wildman–Crippen MR) is 85.9 cm³/mol. The summed E-state index contributed by atoms with van der Waals surface area (Å²) in [6.07, 6.45) is 0.